The van der Waals surface area contributed by atoms with Crippen molar-refractivity contribution in [3.05, 3.63) is 59.7 Å². The summed E-state index contributed by atoms with van der Waals surface area (Å²) in [6, 6.07) is 16.6. The molecule has 2 aromatic carbocycles. The van der Waals surface area contributed by atoms with Crippen LogP contribution in [0.1, 0.15) is 17.5 Å². The Morgan fingerprint density at radius 2 is 1.87 bits per heavy atom. The quantitative estimate of drug-likeness (QED) is 0.826. The van der Waals surface area contributed by atoms with Gasteiger partial charge in [-0.3, -0.25) is 4.79 Å². The van der Waals surface area contributed by atoms with Crippen LogP contribution in [0.2, 0.25) is 0 Å². The highest BCUT2D eigenvalue weighted by Crippen LogP contribution is 2.21. The van der Waals surface area contributed by atoms with E-state index in [1.807, 2.05) is 12.1 Å². The number of amides is 1. The molecule has 4 heteroatoms. The summed E-state index contributed by atoms with van der Waals surface area (Å²) in [6.07, 6.45) is 0.0542. The highest BCUT2D eigenvalue weighted by Gasteiger charge is 2.11. The molecule has 0 fully saturated rings. The van der Waals surface area contributed by atoms with Gasteiger partial charge in [0.25, 0.3) is 0 Å². The molecule has 0 aliphatic rings. The van der Waals surface area contributed by atoms with Gasteiger partial charge < -0.3 is 15.8 Å². The lowest BCUT2D eigenvalue weighted by Gasteiger charge is -2.13. The number of benzene rings is 2. The third-order valence-corrected chi connectivity index (χ3v) is 3.78. The van der Waals surface area contributed by atoms with Crippen molar-refractivity contribution in [1.29, 1.82) is 0 Å². The molecule has 0 aliphatic carbocycles. The predicted octanol–water partition coefficient (Wildman–Crippen LogP) is 2.64. The van der Waals surface area contributed by atoms with Crippen LogP contribution in [-0.4, -0.2) is 25.7 Å². The van der Waals surface area contributed by atoms with E-state index in [-0.39, 0.29) is 18.4 Å². The van der Waals surface area contributed by atoms with E-state index in [1.54, 1.807) is 7.11 Å². The predicted molar refractivity (Wildman–Crippen MR) is 92.9 cm³/mol. The summed E-state index contributed by atoms with van der Waals surface area (Å²) in [6.45, 7) is 2.92. The van der Waals surface area contributed by atoms with Crippen LogP contribution in [0.15, 0.2) is 48.5 Å². The largest absolute Gasteiger partial charge is 0.380 e. The van der Waals surface area contributed by atoms with Gasteiger partial charge in [0.2, 0.25) is 5.91 Å². The van der Waals surface area contributed by atoms with Gasteiger partial charge in [0.1, 0.15) is 0 Å². The minimum absolute atomic E-state index is 0.0525. The van der Waals surface area contributed by atoms with Crippen molar-refractivity contribution in [1.82, 2.24) is 5.32 Å². The molecule has 0 spiro atoms. The van der Waals surface area contributed by atoms with Crippen LogP contribution in [0, 0.1) is 6.92 Å². The Morgan fingerprint density at radius 1 is 1.17 bits per heavy atom. The molecule has 0 radical (unpaired) electrons. The normalized spacial score (nSPS) is 12.0. The lowest BCUT2D eigenvalue weighted by Crippen LogP contribution is -2.31. The lowest BCUT2D eigenvalue weighted by molar-refractivity contribution is -0.123. The number of carbonyl (C=O) groups excluding carboxylic acids is 1. The summed E-state index contributed by atoms with van der Waals surface area (Å²) in [5, 5.41) is 2.91. The number of ether oxygens (including phenoxy) is 1. The Kier molecular flexibility index (Phi) is 6.32. The van der Waals surface area contributed by atoms with Crippen LogP contribution in [0.5, 0.6) is 0 Å². The summed E-state index contributed by atoms with van der Waals surface area (Å²) in [5.41, 5.74) is 10.2. The second kappa shape index (κ2) is 8.46. The van der Waals surface area contributed by atoms with Gasteiger partial charge in [-0.05, 0) is 29.7 Å². The molecule has 3 N–H and O–H groups in total. The third kappa shape index (κ3) is 5.20. The zero-order chi connectivity index (χ0) is 16.7. The fourth-order valence-electron chi connectivity index (χ4n) is 2.43. The zero-order valence-corrected chi connectivity index (χ0v) is 13.7. The fourth-order valence-corrected chi connectivity index (χ4v) is 2.43. The molecule has 4 nitrogen and oxygen atoms in total. The van der Waals surface area contributed by atoms with Gasteiger partial charge in [0.05, 0.1) is 12.5 Å². The first-order valence-electron chi connectivity index (χ1n) is 7.78. The molecule has 0 saturated carbocycles. The van der Waals surface area contributed by atoms with E-state index in [2.05, 4.69) is 48.6 Å². The van der Waals surface area contributed by atoms with Gasteiger partial charge in [-0.25, -0.2) is 0 Å². The molecule has 0 bridgehead atoms. The number of methoxy groups -OCH3 is 1. The molecule has 1 unspecified atom stereocenters. The van der Waals surface area contributed by atoms with E-state index in [9.17, 15) is 4.79 Å². The monoisotopic (exact) mass is 312 g/mol. The first-order chi connectivity index (χ1) is 11.1. The first kappa shape index (κ1) is 17.2. The van der Waals surface area contributed by atoms with Crippen LogP contribution in [-0.2, 0) is 16.1 Å². The number of carbonyl (C=O) groups is 1. The molecule has 0 aliphatic heterocycles. The third-order valence-electron chi connectivity index (χ3n) is 3.78. The standard InChI is InChI=1S/C19H24N2O2/c1-14-5-3-7-16(9-14)17-8-4-6-15(10-17)13-21-19(22)11-18(12-20)23-2/h3-10,18H,11-13,20H2,1-2H3,(H,21,22). The summed E-state index contributed by atoms with van der Waals surface area (Å²) < 4.78 is 5.12. The second-order valence-corrected chi connectivity index (χ2v) is 5.64. The van der Waals surface area contributed by atoms with E-state index >= 15 is 0 Å². The molecular formula is C19H24N2O2. The number of nitrogens with two attached hydrogens (primary N) is 1. The van der Waals surface area contributed by atoms with E-state index in [0.29, 0.717) is 13.1 Å². The molecular weight excluding hydrogens is 288 g/mol. The van der Waals surface area contributed by atoms with E-state index in [1.165, 1.54) is 11.1 Å². The molecule has 2 rings (SSSR count). The highest BCUT2D eigenvalue weighted by atomic mass is 16.5. The number of hydrogen-bond donors (Lipinski definition) is 2. The molecule has 122 valence electrons. The Bertz CT molecular complexity index is 651. The summed E-state index contributed by atoms with van der Waals surface area (Å²) in [5.74, 6) is -0.0525. The van der Waals surface area contributed by atoms with Crippen molar-refractivity contribution in [2.24, 2.45) is 5.73 Å². The van der Waals surface area contributed by atoms with Gasteiger partial charge in [0, 0.05) is 20.2 Å². The SMILES string of the molecule is COC(CN)CC(=O)NCc1cccc(-c2cccc(C)c2)c1. The van der Waals surface area contributed by atoms with Crippen molar-refractivity contribution in [3.8, 4) is 11.1 Å². The van der Waals surface area contributed by atoms with Gasteiger partial charge in [-0.2, -0.15) is 0 Å². The Hall–Kier alpha value is -2.17. The number of aryl methyl sites for hydroxylation is 1. The minimum Gasteiger partial charge on any atom is -0.380 e. The maximum absolute atomic E-state index is 11.9. The highest BCUT2D eigenvalue weighted by molar-refractivity contribution is 5.76. The van der Waals surface area contributed by atoms with Crippen LogP contribution in [0.25, 0.3) is 11.1 Å². The molecule has 1 atom stereocenters. The Balaban J connectivity index is 1.99. The van der Waals surface area contributed by atoms with Crippen LogP contribution < -0.4 is 11.1 Å². The van der Waals surface area contributed by atoms with E-state index < -0.39 is 0 Å². The Morgan fingerprint density at radius 3 is 2.52 bits per heavy atom. The van der Waals surface area contributed by atoms with Crippen molar-refractivity contribution in [2.45, 2.75) is 26.0 Å². The fraction of sp³-hybridized carbons (Fsp3) is 0.316. The molecule has 1 amide bonds. The van der Waals surface area contributed by atoms with Gasteiger partial charge in [-0.1, -0.05) is 48.0 Å². The van der Waals surface area contributed by atoms with Crippen LogP contribution in [0.4, 0.5) is 0 Å². The average Bonchev–Trinajstić information content (AvgIpc) is 2.58. The zero-order valence-electron chi connectivity index (χ0n) is 13.7. The first-order valence-corrected chi connectivity index (χ1v) is 7.78. The van der Waals surface area contributed by atoms with Gasteiger partial charge in [-0.15, -0.1) is 0 Å². The van der Waals surface area contributed by atoms with Gasteiger partial charge in [0.15, 0.2) is 0 Å². The van der Waals surface area contributed by atoms with Crippen molar-refractivity contribution < 1.29 is 9.53 Å². The summed E-state index contributed by atoms with van der Waals surface area (Å²) >= 11 is 0. The Labute approximate surface area is 137 Å². The van der Waals surface area contributed by atoms with E-state index in [0.717, 1.165) is 11.1 Å². The number of rotatable bonds is 7. The molecule has 23 heavy (non-hydrogen) atoms. The van der Waals surface area contributed by atoms with Crippen molar-refractivity contribution >= 4 is 5.91 Å². The second-order valence-electron chi connectivity index (χ2n) is 5.64. The molecule has 0 aromatic heterocycles. The molecule has 2 aromatic rings. The van der Waals surface area contributed by atoms with E-state index in [4.69, 9.17) is 10.5 Å². The van der Waals surface area contributed by atoms with Gasteiger partial charge >= 0.3 is 0 Å². The minimum atomic E-state index is -0.228. The number of hydrogen-bond acceptors (Lipinski definition) is 3. The summed E-state index contributed by atoms with van der Waals surface area (Å²) in [4.78, 5) is 11.9. The van der Waals surface area contributed by atoms with Crippen molar-refractivity contribution in [3.63, 3.8) is 0 Å². The maximum Gasteiger partial charge on any atom is 0.222 e. The van der Waals surface area contributed by atoms with Crippen LogP contribution >= 0.6 is 0 Å². The molecule has 0 heterocycles. The average molecular weight is 312 g/mol. The van der Waals surface area contributed by atoms with Crippen LogP contribution in [0.3, 0.4) is 0 Å². The topological polar surface area (TPSA) is 64.3 Å². The lowest BCUT2D eigenvalue weighted by atomic mass is 10.0. The van der Waals surface area contributed by atoms with Crippen molar-refractivity contribution in [2.75, 3.05) is 13.7 Å². The summed E-state index contributed by atoms with van der Waals surface area (Å²) in [7, 11) is 1.57. The molecule has 0 saturated heterocycles. The smallest absolute Gasteiger partial charge is 0.222 e. The number of nitrogens with one attached hydrogen (secondary N) is 1. The maximum atomic E-state index is 11.9.